The van der Waals surface area contributed by atoms with Crippen molar-refractivity contribution in [1.82, 2.24) is 15.0 Å². The number of hydrogen-bond donors (Lipinski definition) is 0. The lowest BCUT2D eigenvalue weighted by molar-refractivity contribution is -0.146. The Kier molecular flexibility index (Phi) is 3.96. The van der Waals surface area contributed by atoms with Crippen molar-refractivity contribution in [2.45, 2.75) is 44.3 Å². The first-order chi connectivity index (χ1) is 10.4. The van der Waals surface area contributed by atoms with Crippen molar-refractivity contribution < 1.29 is 22.5 Å². The number of amides is 1. The molecule has 2 aliphatic heterocycles. The number of carbonyl (C=O) groups excluding carboxylic acids is 1. The van der Waals surface area contributed by atoms with E-state index in [-0.39, 0.29) is 18.0 Å². The number of hydrogen-bond acceptors (Lipinski definition) is 5. The van der Waals surface area contributed by atoms with Gasteiger partial charge in [0.25, 0.3) is 5.82 Å². The predicted octanol–water partition coefficient (Wildman–Crippen LogP) is 2.07. The van der Waals surface area contributed by atoms with Crippen LogP contribution in [0.15, 0.2) is 4.52 Å². The molecule has 1 aromatic rings. The van der Waals surface area contributed by atoms with Crippen LogP contribution in [0.4, 0.5) is 19.2 Å². The second kappa shape index (κ2) is 5.77. The van der Waals surface area contributed by atoms with Gasteiger partial charge in [-0.15, -0.1) is 0 Å². The molecule has 0 spiro atoms. The average Bonchev–Trinajstić information content (AvgIpc) is 2.98. The van der Waals surface area contributed by atoms with Crippen LogP contribution >= 0.6 is 0 Å². The number of nitrogens with zero attached hydrogens (tertiary/aromatic N) is 4. The van der Waals surface area contributed by atoms with Crippen molar-refractivity contribution in [3.63, 3.8) is 0 Å². The molecule has 1 aromatic heterocycles. The summed E-state index contributed by atoms with van der Waals surface area (Å²) in [5.74, 6) is -1.07. The van der Waals surface area contributed by atoms with Crippen LogP contribution in [0.3, 0.4) is 0 Å². The maximum Gasteiger partial charge on any atom is 0.455 e. The molecule has 6 nitrogen and oxygen atoms in total. The molecule has 0 bridgehead atoms. The van der Waals surface area contributed by atoms with Crippen LogP contribution in [-0.2, 0) is 11.0 Å². The monoisotopic (exact) mass is 318 g/mol. The second-order valence-corrected chi connectivity index (χ2v) is 5.66. The summed E-state index contributed by atoms with van der Waals surface area (Å²) in [5.41, 5.74) is 0. The van der Waals surface area contributed by atoms with Crippen molar-refractivity contribution in [2.24, 2.45) is 0 Å². The van der Waals surface area contributed by atoms with Gasteiger partial charge in [-0.25, -0.2) is 0 Å². The number of likely N-dealkylation sites (tertiary alicyclic amines) is 1. The Morgan fingerprint density at radius 1 is 1.14 bits per heavy atom. The molecule has 9 heteroatoms. The number of aromatic nitrogens is 2. The van der Waals surface area contributed by atoms with E-state index in [1.54, 1.807) is 4.90 Å². The SMILES string of the molecule is O=C1CCCCN1C1CCN(c2nc(C(F)(F)F)no2)CC1. The summed E-state index contributed by atoms with van der Waals surface area (Å²) in [5, 5.41) is 2.97. The molecule has 0 aliphatic carbocycles. The summed E-state index contributed by atoms with van der Waals surface area (Å²) in [7, 11) is 0. The van der Waals surface area contributed by atoms with E-state index in [1.165, 1.54) is 0 Å². The van der Waals surface area contributed by atoms with Gasteiger partial charge in [-0.3, -0.25) is 4.79 Å². The van der Waals surface area contributed by atoms with E-state index < -0.39 is 12.0 Å². The van der Waals surface area contributed by atoms with Crippen LogP contribution in [0, 0.1) is 0 Å². The molecule has 0 saturated carbocycles. The zero-order valence-corrected chi connectivity index (χ0v) is 12.0. The van der Waals surface area contributed by atoms with E-state index in [0.717, 1.165) is 19.4 Å². The number of piperidine rings is 2. The molecule has 22 heavy (non-hydrogen) atoms. The lowest BCUT2D eigenvalue weighted by Crippen LogP contribution is -2.49. The standard InChI is InChI=1S/C13H17F3N4O2/c14-13(15,16)11-17-12(22-18-11)19-7-4-9(5-8-19)20-6-2-1-3-10(20)21/h9H,1-8H2. The lowest BCUT2D eigenvalue weighted by Gasteiger charge is -2.39. The molecule has 3 rings (SSSR count). The van der Waals surface area contributed by atoms with E-state index in [2.05, 4.69) is 10.1 Å². The van der Waals surface area contributed by atoms with Gasteiger partial charge >= 0.3 is 12.2 Å². The first-order valence-electron chi connectivity index (χ1n) is 7.40. The van der Waals surface area contributed by atoms with Crippen molar-refractivity contribution in [1.29, 1.82) is 0 Å². The molecular formula is C13H17F3N4O2. The van der Waals surface area contributed by atoms with Gasteiger partial charge in [0.1, 0.15) is 0 Å². The second-order valence-electron chi connectivity index (χ2n) is 5.66. The minimum absolute atomic E-state index is 0.101. The Morgan fingerprint density at radius 3 is 2.45 bits per heavy atom. The maximum atomic E-state index is 12.5. The van der Waals surface area contributed by atoms with Gasteiger partial charge in [0, 0.05) is 32.1 Å². The number of halogens is 3. The fraction of sp³-hybridized carbons (Fsp3) is 0.769. The minimum atomic E-state index is -4.60. The fourth-order valence-corrected chi connectivity index (χ4v) is 3.04. The Labute approximate surface area is 125 Å². The first-order valence-corrected chi connectivity index (χ1v) is 7.40. The Bertz CT molecular complexity index is 538. The van der Waals surface area contributed by atoms with Gasteiger partial charge in [-0.05, 0) is 30.8 Å². The molecule has 0 N–H and O–H groups in total. The molecule has 2 fully saturated rings. The smallest absolute Gasteiger partial charge is 0.340 e. The Morgan fingerprint density at radius 2 is 1.86 bits per heavy atom. The maximum absolute atomic E-state index is 12.5. The molecule has 3 heterocycles. The van der Waals surface area contributed by atoms with Gasteiger partial charge in [0.05, 0.1) is 0 Å². The van der Waals surface area contributed by atoms with Gasteiger partial charge < -0.3 is 14.3 Å². The third-order valence-corrected chi connectivity index (χ3v) is 4.20. The van der Waals surface area contributed by atoms with Crippen LogP contribution in [0.1, 0.15) is 37.9 Å². The molecular weight excluding hydrogens is 301 g/mol. The summed E-state index contributed by atoms with van der Waals surface area (Å²) in [6.45, 7) is 1.80. The number of carbonyl (C=O) groups is 1. The van der Waals surface area contributed by atoms with Gasteiger partial charge in [-0.1, -0.05) is 0 Å². The Hall–Kier alpha value is -1.80. The highest BCUT2D eigenvalue weighted by atomic mass is 19.4. The molecule has 1 amide bonds. The molecule has 0 aromatic carbocycles. The summed E-state index contributed by atoms with van der Waals surface area (Å²) >= 11 is 0. The van der Waals surface area contributed by atoms with E-state index >= 15 is 0 Å². The summed E-state index contributed by atoms with van der Waals surface area (Å²) < 4.78 is 42.1. The third-order valence-electron chi connectivity index (χ3n) is 4.20. The predicted molar refractivity (Wildman–Crippen MR) is 70.1 cm³/mol. The number of anilines is 1. The van der Waals surface area contributed by atoms with Crippen molar-refractivity contribution in [3.05, 3.63) is 5.82 Å². The highest BCUT2D eigenvalue weighted by Gasteiger charge is 2.38. The van der Waals surface area contributed by atoms with Crippen LogP contribution in [0.5, 0.6) is 0 Å². The molecule has 0 radical (unpaired) electrons. The number of alkyl halides is 3. The zero-order valence-electron chi connectivity index (χ0n) is 12.0. The van der Waals surface area contributed by atoms with Crippen molar-refractivity contribution in [2.75, 3.05) is 24.5 Å². The van der Waals surface area contributed by atoms with E-state index in [0.29, 0.717) is 32.4 Å². The zero-order chi connectivity index (χ0) is 15.7. The quantitative estimate of drug-likeness (QED) is 0.835. The topological polar surface area (TPSA) is 62.5 Å². The highest BCUT2D eigenvalue weighted by molar-refractivity contribution is 5.77. The van der Waals surface area contributed by atoms with Gasteiger partial charge in [0.2, 0.25) is 5.91 Å². The van der Waals surface area contributed by atoms with Crippen LogP contribution in [0.2, 0.25) is 0 Å². The molecule has 2 aliphatic rings. The highest BCUT2D eigenvalue weighted by Crippen LogP contribution is 2.29. The van der Waals surface area contributed by atoms with Gasteiger partial charge in [0.15, 0.2) is 0 Å². The summed E-state index contributed by atoms with van der Waals surface area (Å²) in [6.07, 6.45) is -0.634. The van der Waals surface area contributed by atoms with E-state index in [1.807, 2.05) is 4.90 Å². The number of rotatable bonds is 2. The molecule has 0 atom stereocenters. The van der Waals surface area contributed by atoms with Crippen LogP contribution in [-0.4, -0.2) is 46.6 Å². The van der Waals surface area contributed by atoms with E-state index in [9.17, 15) is 18.0 Å². The van der Waals surface area contributed by atoms with E-state index in [4.69, 9.17) is 4.52 Å². The third kappa shape index (κ3) is 3.02. The normalized spacial score (nSPS) is 21.5. The van der Waals surface area contributed by atoms with Crippen LogP contribution < -0.4 is 4.90 Å². The lowest BCUT2D eigenvalue weighted by atomic mass is 10.00. The molecule has 122 valence electrons. The fourth-order valence-electron chi connectivity index (χ4n) is 3.04. The summed E-state index contributed by atoms with van der Waals surface area (Å²) in [6, 6.07) is 0.0600. The Balaban J connectivity index is 1.59. The largest absolute Gasteiger partial charge is 0.455 e. The van der Waals surface area contributed by atoms with Crippen molar-refractivity contribution in [3.8, 4) is 0 Å². The van der Waals surface area contributed by atoms with Crippen LogP contribution in [0.25, 0.3) is 0 Å². The molecule has 0 unspecified atom stereocenters. The average molecular weight is 318 g/mol. The van der Waals surface area contributed by atoms with Gasteiger partial charge in [-0.2, -0.15) is 18.2 Å². The first kappa shape index (κ1) is 15.1. The minimum Gasteiger partial charge on any atom is -0.340 e. The van der Waals surface area contributed by atoms with Crippen molar-refractivity contribution >= 4 is 11.9 Å². The molecule has 2 saturated heterocycles. The summed E-state index contributed by atoms with van der Waals surface area (Å²) in [4.78, 5) is 18.9.